The number of hydrogen-bond acceptors (Lipinski definition) is 5. The molecule has 3 rings (SSSR count). The smallest absolute Gasteiger partial charge is 0.339 e. The highest BCUT2D eigenvalue weighted by atomic mass is 16.5. The quantitative estimate of drug-likeness (QED) is 0.714. The van der Waals surface area contributed by atoms with E-state index in [1.165, 1.54) is 0 Å². The van der Waals surface area contributed by atoms with E-state index in [4.69, 9.17) is 14.2 Å². The molecule has 0 radical (unpaired) electrons. The Labute approximate surface area is 171 Å². The number of rotatable bonds is 7. The van der Waals surface area contributed by atoms with Crippen LogP contribution in [0.25, 0.3) is 0 Å². The predicted molar refractivity (Wildman–Crippen MR) is 109 cm³/mol. The van der Waals surface area contributed by atoms with Crippen molar-refractivity contribution in [3.8, 4) is 11.5 Å². The first-order chi connectivity index (χ1) is 14.1. The molecule has 154 valence electrons. The lowest BCUT2D eigenvalue weighted by atomic mass is 10.0. The first-order valence-electron chi connectivity index (χ1n) is 10.0. The number of hydrogen-bond donors (Lipinski definition) is 1. The number of ether oxygens (including phenoxy) is 3. The highest BCUT2D eigenvalue weighted by Gasteiger charge is 2.23. The normalized spacial score (nSPS) is 15.0. The van der Waals surface area contributed by atoms with Crippen LogP contribution in [0.2, 0.25) is 0 Å². The zero-order valence-electron chi connectivity index (χ0n) is 16.9. The minimum absolute atomic E-state index is 0.118. The summed E-state index contributed by atoms with van der Waals surface area (Å²) in [5.41, 5.74) is 1.35. The van der Waals surface area contributed by atoms with Gasteiger partial charge in [0.2, 0.25) is 0 Å². The third-order valence-electron chi connectivity index (χ3n) is 4.73. The van der Waals surface area contributed by atoms with Gasteiger partial charge in [0.25, 0.3) is 5.91 Å². The lowest BCUT2D eigenvalue weighted by Gasteiger charge is -2.21. The molecule has 29 heavy (non-hydrogen) atoms. The van der Waals surface area contributed by atoms with Crippen LogP contribution in [0, 0.1) is 0 Å². The van der Waals surface area contributed by atoms with Gasteiger partial charge in [0, 0.05) is 6.42 Å². The van der Waals surface area contributed by atoms with Crippen molar-refractivity contribution in [2.45, 2.75) is 45.3 Å². The molecule has 6 heteroatoms. The first-order valence-corrected chi connectivity index (χ1v) is 10.0. The van der Waals surface area contributed by atoms with Crippen LogP contribution in [0.4, 0.5) is 0 Å². The van der Waals surface area contributed by atoms with E-state index in [9.17, 15) is 9.59 Å². The second kappa shape index (κ2) is 9.96. The van der Waals surface area contributed by atoms with E-state index >= 15 is 0 Å². The third kappa shape index (κ3) is 5.50. The largest absolute Gasteiger partial charge is 0.490 e. The molecule has 0 saturated carbocycles. The van der Waals surface area contributed by atoms with E-state index in [1.54, 1.807) is 25.1 Å². The maximum atomic E-state index is 12.6. The summed E-state index contributed by atoms with van der Waals surface area (Å²) in [6.07, 6.45) is 1.59. The zero-order valence-corrected chi connectivity index (χ0v) is 16.9. The van der Waals surface area contributed by atoms with Gasteiger partial charge in [-0.05, 0) is 37.1 Å². The summed E-state index contributed by atoms with van der Waals surface area (Å²) in [4.78, 5) is 25.1. The molecule has 0 aromatic heterocycles. The monoisotopic (exact) mass is 397 g/mol. The van der Waals surface area contributed by atoms with Gasteiger partial charge in [0.15, 0.2) is 17.6 Å². The van der Waals surface area contributed by atoms with Gasteiger partial charge < -0.3 is 19.5 Å². The molecule has 1 heterocycles. The number of esters is 1. The van der Waals surface area contributed by atoms with Gasteiger partial charge in [-0.1, -0.05) is 43.7 Å². The maximum Gasteiger partial charge on any atom is 0.339 e. The zero-order chi connectivity index (χ0) is 20.6. The molecule has 0 saturated heterocycles. The fourth-order valence-electron chi connectivity index (χ4n) is 3.16. The van der Waals surface area contributed by atoms with E-state index < -0.39 is 12.1 Å². The molecule has 0 aliphatic carbocycles. The molecule has 2 aromatic carbocycles. The molecule has 2 atom stereocenters. The van der Waals surface area contributed by atoms with Crippen molar-refractivity contribution in [3.05, 3.63) is 59.7 Å². The summed E-state index contributed by atoms with van der Waals surface area (Å²) in [6, 6.07) is 14.6. The molecule has 0 spiro atoms. The number of benzene rings is 2. The summed E-state index contributed by atoms with van der Waals surface area (Å²) >= 11 is 0. The van der Waals surface area contributed by atoms with Crippen molar-refractivity contribution in [1.82, 2.24) is 5.32 Å². The molecule has 0 bridgehead atoms. The number of carbonyl (C=O) groups excluding carboxylic acids is 2. The van der Waals surface area contributed by atoms with Crippen molar-refractivity contribution in [2.24, 2.45) is 0 Å². The fraction of sp³-hybridized carbons (Fsp3) is 0.391. The summed E-state index contributed by atoms with van der Waals surface area (Å²) in [5, 5.41) is 2.99. The van der Waals surface area contributed by atoms with Crippen LogP contribution < -0.4 is 14.8 Å². The standard InChI is InChI=1S/C23H27NO5/c1-3-8-19(17-9-5-4-6-10-17)24-22(25)16(2)29-23(26)18-11-12-20-21(15-18)28-14-7-13-27-20/h4-6,9-12,15-16,19H,3,7-8,13-14H2,1-2H3,(H,24,25)/t16-,19+/m0/s1. The van der Waals surface area contributed by atoms with Crippen LogP contribution >= 0.6 is 0 Å². The molecule has 1 amide bonds. The van der Waals surface area contributed by atoms with Gasteiger partial charge in [-0.25, -0.2) is 4.79 Å². The minimum Gasteiger partial charge on any atom is -0.490 e. The Morgan fingerprint density at radius 1 is 1.07 bits per heavy atom. The average Bonchev–Trinajstić information content (AvgIpc) is 2.98. The Bertz CT molecular complexity index is 836. The van der Waals surface area contributed by atoms with Crippen molar-refractivity contribution in [1.29, 1.82) is 0 Å². The SMILES string of the molecule is CCC[C@@H](NC(=O)[C@H](C)OC(=O)c1ccc2c(c1)OCCCO2)c1ccccc1. The highest BCUT2D eigenvalue weighted by molar-refractivity contribution is 5.93. The molecular weight excluding hydrogens is 370 g/mol. The van der Waals surface area contributed by atoms with E-state index in [1.807, 2.05) is 30.3 Å². The predicted octanol–water partition coefficient (Wildman–Crippen LogP) is 4.05. The third-order valence-corrected chi connectivity index (χ3v) is 4.73. The van der Waals surface area contributed by atoms with Gasteiger partial charge in [0.05, 0.1) is 24.8 Å². The average molecular weight is 397 g/mol. The Morgan fingerprint density at radius 3 is 2.52 bits per heavy atom. The summed E-state index contributed by atoms with van der Waals surface area (Å²) in [5.74, 6) is 0.223. The van der Waals surface area contributed by atoms with Gasteiger partial charge in [-0.3, -0.25) is 4.79 Å². The van der Waals surface area contributed by atoms with E-state index in [2.05, 4.69) is 12.2 Å². The van der Waals surface area contributed by atoms with Crippen LogP contribution in [0.15, 0.2) is 48.5 Å². The molecular formula is C23H27NO5. The highest BCUT2D eigenvalue weighted by Crippen LogP contribution is 2.30. The fourth-order valence-corrected chi connectivity index (χ4v) is 3.16. The second-order valence-corrected chi connectivity index (χ2v) is 7.02. The molecule has 1 aliphatic heterocycles. The lowest BCUT2D eigenvalue weighted by molar-refractivity contribution is -0.129. The van der Waals surface area contributed by atoms with Crippen LogP contribution in [0.1, 0.15) is 55.1 Å². The van der Waals surface area contributed by atoms with Gasteiger partial charge in [-0.15, -0.1) is 0 Å². The molecule has 1 N–H and O–H groups in total. The number of carbonyl (C=O) groups is 2. The first kappa shape index (κ1) is 20.7. The molecule has 0 fully saturated rings. The maximum absolute atomic E-state index is 12.6. The number of nitrogens with one attached hydrogen (secondary N) is 1. The van der Waals surface area contributed by atoms with Gasteiger partial charge in [-0.2, -0.15) is 0 Å². The van der Waals surface area contributed by atoms with E-state index in [0.717, 1.165) is 24.8 Å². The van der Waals surface area contributed by atoms with Crippen LogP contribution in [0.3, 0.4) is 0 Å². The molecule has 6 nitrogen and oxygen atoms in total. The summed E-state index contributed by atoms with van der Waals surface area (Å²) in [6.45, 7) is 4.75. The second-order valence-electron chi connectivity index (χ2n) is 7.02. The topological polar surface area (TPSA) is 73.9 Å². The Kier molecular flexibility index (Phi) is 7.11. The number of fused-ring (bicyclic) bond motifs is 1. The number of amides is 1. The van der Waals surface area contributed by atoms with Crippen molar-refractivity contribution < 1.29 is 23.8 Å². The van der Waals surface area contributed by atoms with Crippen molar-refractivity contribution in [3.63, 3.8) is 0 Å². The Hall–Kier alpha value is -3.02. The lowest BCUT2D eigenvalue weighted by Crippen LogP contribution is -2.38. The van der Waals surface area contributed by atoms with Crippen molar-refractivity contribution >= 4 is 11.9 Å². The summed E-state index contributed by atoms with van der Waals surface area (Å²) < 4.78 is 16.6. The van der Waals surface area contributed by atoms with Gasteiger partial charge >= 0.3 is 5.97 Å². The Morgan fingerprint density at radius 2 is 1.79 bits per heavy atom. The molecule has 0 unspecified atom stereocenters. The van der Waals surface area contributed by atoms with Gasteiger partial charge in [0.1, 0.15) is 0 Å². The van der Waals surface area contributed by atoms with Crippen molar-refractivity contribution in [2.75, 3.05) is 13.2 Å². The van der Waals surface area contributed by atoms with Crippen LogP contribution in [0.5, 0.6) is 11.5 Å². The van der Waals surface area contributed by atoms with E-state index in [-0.39, 0.29) is 11.9 Å². The van der Waals surface area contributed by atoms with Crippen LogP contribution in [-0.2, 0) is 9.53 Å². The summed E-state index contributed by atoms with van der Waals surface area (Å²) in [7, 11) is 0. The Balaban J connectivity index is 1.62. The van der Waals surface area contributed by atoms with Crippen LogP contribution in [-0.4, -0.2) is 31.2 Å². The molecule has 2 aromatic rings. The van der Waals surface area contributed by atoms with E-state index in [0.29, 0.717) is 30.3 Å². The minimum atomic E-state index is -0.915. The molecule has 1 aliphatic rings.